The number of hydrogen-bond acceptors (Lipinski definition) is 3. The second kappa shape index (κ2) is 7.42. The van der Waals surface area contributed by atoms with E-state index in [1.54, 1.807) is 4.90 Å². The van der Waals surface area contributed by atoms with Gasteiger partial charge in [-0.3, -0.25) is 14.4 Å². The van der Waals surface area contributed by atoms with Crippen molar-refractivity contribution in [3.63, 3.8) is 0 Å². The predicted molar refractivity (Wildman–Crippen MR) is 85.1 cm³/mol. The number of carbonyl (C=O) groups excluding carboxylic acids is 3. The number of hydrogen-bond donors (Lipinski definition) is 1. The Kier molecular flexibility index (Phi) is 6.14. The lowest BCUT2D eigenvalue weighted by atomic mass is 10.1. The van der Waals surface area contributed by atoms with Crippen molar-refractivity contribution in [2.24, 2.45) is 0 Å². The van der Waals surface area contributed by atoms with Gasteiger partial charge in [-0.05, 0) is 46.6 Å². The fourth-order valence-electron chi connectivity index (χ4n) is 2.52. The van der Waals surface area contributed by atoms with Crippen LogP contribution in [0.5, 0.6) is 0 Å². The molecule has 3 amide bonds. The smallest absolute Gasteiger partial charge is 0.246 e. The number of carbonyl (C=O) groups is 3. The summed E-state index contributed by atoms with van der Waals surface area (Å²) in [7, 11) is 0. The van der Waals surface area contributed by atoms with Crippen LogP contribution in [-0.2, 0) is 14.4 Å². The molecule has 1 aliphatic heterocycles. The molecule has 1 aliphatic rings. The summed E-state index contributed by atoms with van der Waals surface area (Å²) in [6.45, 7) is 12.0. The molecule has 1 rings (SSSR count). The molecule has 1 heterocycles. The van der Waals surface area contributed by atoms with E-state index >= 15 is 0 Å². The lowest BCUT2D eigenvalue weighted by Crippen LogP contribution is -2.53. The van der Waals surface area contributed by atoms with E-state index in [0.29, 0.717) is 19.5 Å². The van der Waals surface area contributed by atoms with Crippen molar-refractivity contribution in [3.05, 3.63) is 12.7 Å². The third-order valence-corrected chi connectivity index (χ3v) is 3.57. The fourth-order valence-corrected chi connectivity index (χ4v) is 2.52. The number of nitrogens with one attached hydrogen (secondary N) is 1. The topological polar surface area (TPSA) is 69.7 Å². The van der Waals surface area contributed by atoms with Crippen LogP contribution in [0.4, 0.5) is 0 Å². The second-order valence-corrected chi connectivity index (χ2v) is 6.54. The molecule has 0 radical (unpaired) electrons. The third kappa shape index (κ3) is 4.86. The molecular weight excluding hydrogens is 282 g/mol. The molecule has 0 saturated carbocycles. The normalized spacial score (nSPS) is 18.0. The first kappa shape index (κ1) is 18.2. The Balaban J connectivity index is 2.73. The van der Waals surface area contributed by atoms with Gasteiger partial charge < -0.3 is 15.1 Å². The molecule has 0 spiro atoms. The molecule has 0 aromatic carbocycles. The van der Waals surface area contributed by atoms with Gasteiger partial charge in [0, 0.05) is 18.6 Å². The summed E-state index contributed by atoms with van der Waals surface area (Å²) >= 11 is 0. The van der Waals surface area contributed by atoms with Gasteiger partial charge >= 0.3 is 0 Å². The Morgan fingerprint density at radius 1 is 1.36 bits per heavy atom. The largest absolute Gasteiger partial charge is 0.350 e. The van der Waals surface area contributed by atoms with E-state index in [4.69, 9.17) is 0 Å². The Hall–Kier alpha value is -1.85. The lowest BCUT2D eigenvalue weighted by molar-refractivity contribution is -0.142. The van der Waals surface area contributed by atoms with Crippen molar-refractivity contribution in [1.29, 1.82) is 0 Å². The van der Waals surface area contributed by atoms with Crippen LogP contribution in [0.3, 0.4) is 0 Å². The molecule has 6 heteroatoms. The number of amides is 3. The number of likely N-dealkylation sites (tertiary alicyclic amines) is 1. The van der Waals surface area contributed by atoms with Gasteiger partial charge in [-0.1, -0.05) is 6.58 Å². The highest BCUT2D eigenvalue weighted by atomic mass is 16.2. The van der Waals surface area contributed by atoms with E-state index in [1.807, 2.05) is 27.7 Å². The zero-order valence-corrected chi connectivity index (χ0v) is 14.0. The molecule has 1 unspecified atom stereocenters. The average Bonchev–Trinajstić information content (AvgIpc) is 2.91. The van der Waals surface area contributed by atoms with Crippen LogP contribution in [-0.4, -0.2) is 58.7 Å². The number of likely N-dealkylation sites (N-methyl/N-ethyl adjacent to an activating group) is 1. The maximum Gasteiger partial charge on any atom is 0.246 e. The summed E-state index contributed by atoms with van der Waals surface area (Å²) in [5.41, 5.74) is -0.331. The summed E-state index contributed by atoms with van der Waals surface area (Å²) in [6, 6.07) is -0.440. The molecule has 0 aliphatic carbocycles. The molecule has 0 bridgehead atoms. The highest BCUT2D eigenvalue weighted by Gasteiger charge is 2.35. The summed E-state index contributed by atoms with van der Waals surface area (Å²) in [4.78, 5) is 39.4. The van der Waals surface area contributed by atoms with Gasteiger partial charge in [-0.25, -0.2) is 0 Å². The van der Waals surface area contributed by atoms with E-state index in [2.05, 4.69) is 11.9 Å². The minimum Gasteiger partial charge on any atom is -0.350 e. The van der Waals surface area contributed by atoms with E-state index in [-0.39, 0.29) is 29.8 Å². The fraction of sp³-hybridized carbons (Fsp3) is 0.688. The molecule has 1 atom stereocenters. The maximum atomic E-state index is 12.4. The second-order valence-electron chi connectivity index (χ2n) is 6.54. The van der Waals surface area contributed by atoms with Crippen LogP contribution < -0.4 is 5.32 Å². The van der Waals surface area contributed by atoms with Crippen LogP contribution >= 0.6 is 0 Å². The zero-order valence-electron chi connectivity index (χ0n) is 14.0. The SMILES string of the molecule is C=CC(=O)N(CC)CC(=O)N1CCCC1C(=O)NC(C)(C)C. The maximum absolute atomic E-state index is 12.4. The first-order valence-corrected chi connectivity index (χ1v) is 7.72. The summed E-state index contributed by atoms with van der Waals surface area (Å²) < 4.78 is 0. The Morgan fingerprint density at radius 3 is 2.50 bits per heavy atom. The monoisotopic (exact) mass is 309 g/mol. The van der Waals surface area contributed by atoms with Crippen LogP contribution in [0, 0.1) is 0 Å². The van der Waals surface area contributed by atoms with Gasteiger partial charge in [0.15, 0.2) is 0 Å². The summed E-state index contributed by atoms with van der Waals surface area (Å²) in [5, 5.41) is 2.92. The van der Waals surface area contributed by atoms with Gasteiger partial charge in [-0.2, -0.15) is 0 Å². The Labute approximate surface area is 132 Å². The van der Waals surface area contributed by atoms with Crippen molar-refractivity contribution >= 4 is 17.7 Å². The van der Waals surface area contributed by atoms with Gasteiger partial charge in [0.25, 0.3) is 0 Å². The highest BCUT2D eigenvalue weighted by molar-refractivity contribution is 5.93. The molecule has 1 fully saturated rings. The standard InChI is InChI=1S/C16H27N3O3/c1-6-13(20)18(7-2)11-14(21)19-10-8-9-12(19)15(22)17-16(3,4)5/h6,12H,1,7-11H2,2-5H3,(H,17,22). The number of rotatable bonds is 5. The minimum absolute atomic E-state index is 0.0132. The van der Waals surface area contributed by atoms with Gasteiger partial charge in [0.2, 0.25) is 17.7 Å². The average molecular weight is 309 g/mol. The minimum atomic E-state index is -0.440. The zero-order chi connectivity index (χ0) is 16.9. The Bertz CT molecular complexity index is 454. The Morgan fingerprint density at radius 2 is 2.00 bits per heavy atom. The van der Waals surface area contributed by atoms with E-state index in [1.165, 1.54) is 11.0 Å². The molecule has 0 aromatic heterocycles. The van der Waals surface area contributed by atoms with Gasteiger partial charge in [0.05, 0.1) is 0 Å². The molecule has 22 heavy (non-hydrogen) atoms. The first-order chi connectivity index (χ1) is 10.2. The van der Waals surface area contributed by atoms with E-state index in [9.17, 15) is 14.4 Å². The van der Waals surface area contributed by atoms with Crippen molar-refractivity contribution in [3.8, 4) is 0 Å². The summed E-state index contributed by atoms with van der Waals surface area (Å²) in [5.74, 6) is -0.592. The molecule has 124 valence electrons. The van der Waals surface area contributed by atoms with E-state index in [0.717, 1.165) is 6.42 Å². The highest BCUT2D eigenvalue weighted by Crippen LogP contribution is 2.19. The predicted octanol–water partition coefficient (Wildman–Crippen LogP) is 0.927. The van der Waals surface area contributed by atoms with Gasteiger partial charge in [0.1, 0.15) is 12.6 Å². The van der Waals surface area contributed by atoms with Crippen LogP contribution in [0.1, 0.15) is 40.5 Å². The molecule has 6 nitrogen and oxygen atoms in total. The van der Waals surface area contributed by atoms with Crippen molar-refractivity contribution in [1.82, 2.24) is 15.1 Å². The van der Waals surface area contributed by atoms with Crippen LogP contribution in [0.2, 0.25) is 0 Å². The summed E-state index contributed by atoms with van der Waals surface area (Å²) in [6.07, 6.45) is 2.66. The third-order valence-electron chi connectivity index (χ3n) is 3.57. The molecule has 0 aromatic rings. The van der Waals surface area contributed by atoms with Crippen molar-refractivity contribution in [2.45, 2.75) is 52.1 Å². The molecular formula is C16H27N3O3. The lowest BCUT2D eigenvalue weighted by Gasteiger charge is -2.29. The van der Waals surface area contributed by atoms with Gasteiger partial charge in [-0.15, -0.1) is 0 Å². The molecule has 1 N–H and O–H groups in total. The van der Waals surface area contributed by atoms with Crippen LogP contribution in [0.25, 0.3) is 0 Å². The number of nitrogens with zero attached hydrogens (tertiary/aromatic N) is 2. The molecule has 1 saturated heterocycles. The van der Waals surface area contributed by atoms with Crippen molar-refractivity contribution < 1.29 is 14.4 Å². The quantitative estimate of drug-likeness (QED) is 0.768. The van der Waals surface area contributed by atoms with Crippen LogP contribution in [0.15, 0.2) is 12.7 Å². The first-order valence-electron chi connectivity index (χ1n) is 7.72. The van der Waals surface area contributed by atoms with Crippen molar-refractivity contribution in [2.75, 3.05) is 19.6 Å². The van der Waals surface area contributed by atoms with E-state index < -0.39 is 6.04 Å².